The molecule has 8 heteroatoms. The number of hydrogen-bond donors (Lipinski definition) is 3. The highest BCUT2D eigenvalue weighted by molar-refractivity contribution is 7.88. The highest BCUT2D eigenvalue weighted by atomic mass is 35.5. The molecule has 0 fully saturated rings. The lowest BCUT2D eigenvalue weighted by atomic mass is 10.3. The van der Waals surface area contributed by atoms with Crippen molar-refractivity contribution in [2.45, 2.75) is 17.4 Å². The average Bonchev–Trinajstić information content (AvgIpc) is 2.56. The summed E-state index contributed by atoms with van der Waals surface area (Å²) in [6.45, 7) is 1.57. The molecule has 0 spiro atoms. The Kier molecular flexibility index (Phi) is 3.59. The zero-order valence-electron chi connectivity index (χ0n) is 9.33. The Morgan fingerprint density at radius 2 is 2.17 bits per heavy atom. The zero-order valence-corrected chi connectivity index (χ0v) is 11.8. The first kappa shape index (κ1) is 13.7. The number of thiol groups is 1. The van der Waals surface area contributed by atoms with E-state index in [4.69, 9.17) is 11.6 Å². The van der Waals surface area contributed by atoms with E-state index in [0.29, 0.717) is 16.1 Å². The van der Waals surface area contributed by atoms with Crippen molar-refractivity contribution in [1.82, 2.24) is 9.97 Å². The Morgan fingerprint density at radius 3 is 2.72 bits per heavy atom. The zero-order chi connectivity index (χ0) is 13.5. The number of aromatic nitrogens is 2. The Bertz CT molecular complexity index is 681. The Morgan fingerprint density at radius 1 is 1.50 bits per heavy atom. The summed E-state index contributed by atoms with van der Waals surface area (Å²) in [7, 11) is -4.28. The van der Waals surface area contributed by atoms with Crippen molar-refractivity contribution in [3.8, 4) is 0 Å². The summed E-state index contributed by atoms with van der Waals surface area (Å²) in [5.74, 6) is 0.150. The maximum atomic E-state index is 11.3. The van der Waals surface area contributed by atoms with Crippen LogP contribution in [0.3, 0.4) is 0 Å². The van der Waals surface area contributed by atoms with E-state index in [2.05, 4.69) is 22.6 Å². The lowest BCUT2D eigenvalue weighted by molar-refractivity contribution is 0.465. The summed E-state index contributed by atoms with van der Waals surface area (Å²) in [5.41, 5.74) is 1.19. The highest BCUT2D eigenvalue weighted by Gasteiger charge is 2.32. The summed E-state index contributed by atoms with van der Waals surface area (Å²) >= 11 is 9.90. The Labute approximate surface area is 115 Å². The molecule has 0 radical (unpaired) electrons. The first-order valence-corrected chi connectivity index (χ1v) is 7.48. The van der Waals surface area contributed by atoms with Crippen molar-refractivity contribution in [1.29, 1.82) is 0 Å². The molecule has 0 aliphatic heterocycles. The third-order valence-corrected chi connectivity index (χ3v) is 4.50. The standard InChI is InChI=1S/C10H11ClN2O3S2/c1-5(17)9(18(14,15)16)10-12-7-3-2-6(11)4-8(7)13-10/h2-5,9,17H,1H3,(H,12,13)(H,14,15,16). The minimum Gasteiger partial charge on any atom is -0.341 e. The number of H-pyrrole nitrogens is 1. The number of imidazole rings is 1. The summed E-state index contributed by atoms with van der Waals surface area (Å²) in [5, 5.41) is -1.29. The van der Waals surface area contributed by atoms with Crippen LogP contribution < -0.4 is 0 Å². The van der Waals surface area contributed by atoms with Crippen LogP contribution in [-0.4, -0.2) is 28.2 Å². The molecular formula is C10H11ClN2O3S2. The van der Waals surface area contributed by atoms with Gasteiger partial charge in [-0.2, -0.15) is 21.0 Å². The van der Waals surface area contributed by atoms with Gasteiger partial charge in [0.25, 0.3) is 10.1 Å². The molecule has 0 saturated heterocycles. The minimum atomic E-state index is -4.28. The van der Waals surface area contributed by atoms with Gasteiger partial charge in [-0.05, 0) is 18.2 Å². The molecule has 1 aromatic heterocycles. The summed E-state index contributed by atoms with van der Waals surface area (Å²) in [4.78, 5) is 6.98. The van der Waals surface area contributed by atoms with E-state index in [1.165, 1.54) is 0 Å². The van der Waals surface area contributed by atoms with Gasteiger partial charge in [-0.15, -0.1) is 0 Å². The summed E-state index contributed by atoms with van der Waals surface area (Å²) in [6.07, 6.45) is 0. The predicted molar refractivity (Wildman–Crippen MR) is 73.8 cm³/mol. The van der Waals surface area contributed by atoms with Gasteiger partial charge in [-0.3, -0.25) is 4.55 Å². The van der Waals surface area contributed by atoms with Crippen LogP contribution in [-0.2, 0) is 10.1 Å². The molecule has 2 aromatic rings. The van der Waals surface area contributed by atoms with Gasteiger partial charge in [0.2, 0.25) is 0 Å². The average molecular weight is 307 g/mol. The Hall–Kier alpha value is -0.760. The van der Waals surface area contributed by atoms with E-state index in [-0.39, 0.29) is 5.82 Å². The second kappa shape index (κ2) is 4.73. The lowest BCUT2D eigenvalue weighted by Crippen LogP contribution is -2.21. The molecule has 2 unspecified atom stereocenters. The smallest absolute Gasteiger partial charge is 0.276 e. The van der Waals surface area contributed by atoms with Crippen LogP contribution in [0.15, 0.2) is 18.2 Å². The second-order valence-corrected chi connectivity index (χ2v) is 6.75. The fourth-order valence-corrected chi connectivity index (χ4v) is 3.42. The molecule has 0 saturated carbocycles. The van der Waals surface area contributed by atoms with Gasteiger partial charge < -0.3 is 4.98 Å². The van der Waals surface area contributed by atoms with Gasteiger partial charge in [0, 0.05) is 10.3 Å². The van der Waals surface area contributed by atoms with Gasteiger partial charge >= 0.3 is 0 Å². The van der Waals surface area contributed by atoms with Crippen LogP contribution in [0.2, 0.25) is 5.02 Å². The third-order valence-electron chi connectivity index (χ3n) is 2.49. The molecule has 1 aromatic carbocycles. The molecule has 5 nitrogen and oxygen atoms in total. The lowest BCUT2D eigenvalue weighted by Gasteiger charge is -2.13. The first-order valence-electron chi connectivity index (χ1n) is 5.08. The number of hydrogen-bond acceptors (Lipinski definition) is 4. The second-order valence-electron chi connectivity index (χ2n) is 3.96. The van der Waals surface area contributed by atoms with Crippen molar-refractivity contribution >= 4 is 45.4 Å². The van der Waals surface area contributed by atoms with E-state index in [1.54, 1.807) is 25.1 Å². The molecule has 2 atom stereocenters. The van der Waals surface area contributed by atoms with Crippen LogP contribution in [0, 0.1) is 0 Å². The number of aromatic amines is 1. The van der Waals surface area contributed by atoms with Crippen LogP contribution in [0.5, 0.6) is 0 Å². The molecule has 2 N–H and O–H groups in total. The predicted octanol–water partition coefficient (Wildman–Crippen LogP) is 2.46. The van der Waals surface area contributed by atoms with Crippen LogP contribution in [0.25, 0.3) is 11.0 Å². The fourth-order valence-electron chi connectivity index (χ4n) is 1.75. The molecule has 1 heterocycles. The molecule has 98 valence electrons. The van der Waals surface area contributed by atoms with Gasteiger partial charge in [0.1, 0.15) is 5.82 Å². The number of nitrogens with zero attached hydrogens (tertiary/aromatic N) is 1. The number of rotatable bonds is 3. The molecule has 0 aliphatic rings. The van der Waals surface area contributed by atoms with Gasteiger partial charge in [-0.1, -0.05) is 18.5 Å². The van der Waals surface area contributed by atoms with Crippen molar-refractivity contribution in [3.63, 3.8) is 0 Å². The maximum Gasteiger partial charge on any atom is 0.276 e. The van der Waals surface area contributed by atoms with Crippen LogP contribution >= 0.6 is 24.2 Å². The number of nitrogens with one attached hydrogen (secondary N) is 1. The van der Waals surface area contributed by atoms with E-state index < -0.39 is 20.6 Å². The van der Waals surface area contributed by atoms with Gasteiger partial charge in [0.05, 0.1) is 11.0 Å². The summed E-state index contributed by atoms with van der Waals surface area (Å²) < 4.78 is 31.9. The van der Waals surface area contributed by atoms with Crippen molar-refractivity contribution in [2.75, 3.05) is 0 Å². The molecule has 18 heavy (non-hydrogen) atoms. The SMILES string of the molecule is CC(S)C(c1nc2ccc(Cl)cc2[nH]1)S(=O)(=O)O. The monoisotopic (exact) mass is 306 g/mol. The number of fused-ring (bicyclic) bond motifs is 1. The van der Waals surface area contributed by atoms with Gasteiger partial charge in [-0.25, -0.2) is 4.98 Å². The quantitative estimate of drug-likeness (QED) is 0.601. The van der Waals surface area contributed by atoms with E-state index in [1.807, 2.05) is 0 Å². The molecule has 2 rings (SSSR count). The molecular weight excluding hydrogens is 296 g/mol. The topological polar surface area (TPSA) is 83.0 Å². The van der Waals surface area contributed by atoms with Crippen molar-refractivity contribution in [3.05, 3.63) is 29.0 Å². The van der Waals surface area contributed by atoms with E-state index >= 15 is 0 Å². The maximum absolute atomic E-state index is 11.3. The normalized spacial score (nSPS) is 15.8. The van der Waals surface area contributed by atoms with Gasteiger partial charge in [0.15, 0.2) is 5.25 Å². The molecule has 0 amide bonds. The highest BCUT2D eigenvalue weighted by Crippen LogP contribution is 2.28. The summed E-state index contributed by atoms with van der Waals surface area (Å²) in [6, 6.07) is 4.96. The van der Waals surface area contributed by atoms with E-state index in [0.717, 1.165) is 0 Å². The minimum absolute atomic E-state index is 0.150. The van der Waals surface area contributed by atoms with Crippen LogP contribution in [0.1, 0.15) is 18.0 Å². The van der Waals surface area contributed by atoms with Crippen LogP contribution in [0.4, 0.5) is 0 Å². The molecule has 0 aliphatic carbocycles. The third kappa shape index (κ3) is 2.64. The van der Waals surface area contributed by atoms with E-state index in [9.17, 15) is 13.0 Å². The number of benzene rings is 1. The van der Waals surface area contributed by atoms with Crippen molar-refractivity contribution < 1.29 is 13.0 Å². The fraction of sp³-hybridized carbons (Fsp3) is 0.300. The van der Waals surface area contributed by atoms with Crippen molar-refractivity contribution in [2.24, 2.45) is 0 Å². The largest absolute Gasteiger partial charge is 0.341 e. The number of halogens is 1. The first-order chi connectivity index (χ1) is 8.29. The Balaban J connectivity index is 2.59. The molecule has 0 bridgehead atoms.